The zero-order valence-electron chi connectivity index (χ0n) is 17.7. The molecule has 1 saturated heterocycles. The molecule has 0 bridgehead atoms. The number of fused-ring (bicyclic) bond motifs is 1. The molecule has 0 spiro atoms. The van der Waals surface area contributed by atoms with Crippen LogP contribution in [0.5, 0.6) is 0 Å². The van der Waals surface area contributed by atoms with E-state index >= 15 is 0 Å². The van der Waals surface area contributed by atoms with Crippen LogP contribution in [0.3, 0.4) is 0 Å². The topological polar surface area (TPSA) is 83.5 Å². The van der Waals surface area contributed by atoms with Gasteiger partial charge in [0.05, 0.1) is 5.25 Å². The third kappa shape index (κ3) is 4.06. The number of carbonyl (C=O) groups excluding carboxylic acids is 1. The zero-order chi connectivity index (χ0) is 20.8. The van der Waals surface area contributed by atoms with E-state index in [0.717, 1.165) is 42.3 Å². The number of carbonyl (C=O) groups is 1. The van der Waals surface area contributed by atoms with Crippen molar-refractivity contribution in [3.63, 3.8) is 0 Å². The first kappa shape index (κ1) is 20.7. The van der Waals surface area contributed by atoms with E-state index in [1.54, 1.807) is 11.2 Å². The highest BCUT2D eigenvalue weighted by Gasteiger charge is 2.36. The number of anilines is 1. The van der Waals surface area contributed by atoms with Crippen molar-refractivity contribution in [2.24, 2.45) is 5.92 Å². The lowest BCUT2D eigenvalue weighted by molar-refractivity contribution is -0.119. The van der Waals surface area contributed by atoms with Crippen molar-refractivity contribution >= 4 is 21.7 Å². The highest BCUT2D eigenvalue weighted by atomic mass is 32.2. The molecule has 0 N–H and O–H groups in total. The van der Waals surface area contributed by atoms with Gasteiger partial charge in [-0.25, -0.2) is 22.7 Å². The monoisotopic (exact) mass is 420 g/mol. The van der Waals surface area contributed by atoms with Crippen LogP contribution < -0.4 is 4.90 Å². The molecular weight excluding hydrogens is 388 g/mol. The number of hydrogen-bond acceptors (Lipinski definition) is 5. The fourth-order valence-electron chi connectivity index (χ4n) is 4.37. The number of hydrogen-bond donors (Lipinski definition) is 0. The molecule has 1 atom stereocenters. The second-order valence-electron chi connectivity index (χ2n) is 8.85. The van der Waals surface area contributed by atoms with E-state index in [1.165, 1.54) is 12.8 Å². The van der Waals surface area contributed by atoms with Gasteiger partial charge < -0.3 is 0 Å². The van der Waals surface area contributed by atoms with Gasteiger partial charge >= 0.3 is 0 Å². The van der Waals surface area contributed by atoms with E-state index in [0.29, 0.717) is 38.3 Å². The van der Waals surface area contributed by atoms with Gasteiger partial charge in [-0.1, -0.05) is 6.92 Å². The van der Waals surface area contributed by atoms with Crippen LogP contribution in [0.1, 0.15) is 75.4 Å². The molecule has 29 heavy (non-hydrogen) atoms. The summed E-state index contributed by atoms with van der Waals surface area (Å²) < 4.78 is 26.9. The van der Waals surface area contributed by atoms with E-state index in [2.05, 4.69) is 0 Å². The molecule has 2 aliphatic heterocycles. The van der Waals surface area contributed by atoms with E-state index in [-0.39, 0.29) is 17.1 Å². The Balaban J connectivity index is 1.54. The molecule has 8 heteroatoms. The van der Waals surface area contributed by atoms with Crippen LogP contribution in [-0.4, -0.2) is 53.5 Å². The summed E-state index contributed by atoms with van der Waals surface area (Å²) in [5.74, 6) is 2.50. The molecule has 0 unspecified atom stereocenters. The van der Waals surface area contributed by atoms with Crippen molar-refractivity contribution in [2.75, 3.05) is 24.5 Å². The Kier molecular flexibility index (Phi) is 5.68. The van der Waals surface area contributed by atoms with Crippen molar-refractivity contribution in [3.05, 3.63) is 17.1 Å². The molecule has 0 radical (unpaired) electrons. The lowest BCUT2D eigenvalue weighted by Gasteiger charge is -2.34. The predicted molar refractivity (Wildman–Crippen MR) is 112 cm³/mol. The fourth-order valence-corrected chi connectivity index (χ4v) is 6.02. The van der Waals surface area contributed by atoms with Crippen LogP contribution in [0.4, 0.5) is 5.82 Å². The smallest absolute Gasteiger partial charge is 0.228 e. The second kappa shape index (κ2) is 7.95. The van der Waals surface area contributed by atoms with Crippen molar-refractivity contribution in [1.82, 2.24) is 14.3 Å². The Morgan fingerprint density at radius 3 is 2.41 bits per heavy atom. The molecule has 1 aromatic heterocycles. The van der Waals surface area contributed by atoms with E-state index in [9.17, 15) is 13.2 Å². The van der Waals surface area contributed by atoms with Gasteiger partial charge in [0.1, 0.15) is 11.6 Å². The van der Waals surface area contributed by atoms with Gasteiger partial charge in [-0.3, -0.25) is 9.69 Å². The highest BCUT2D eigenvalue weighted by molar-refractivity contribution is 7.89. The van der Waals surface area contributed by atoms with Gasteiger partial charge in [0.2, 0.25) is 15.9 Å². The number of aromatic nitrogens is 2. The first-order valence-corrected chi connectivity index (χ1v) is 12.5. The number of nitrogens with zero attached hydrogens (tertiary/aromatic N) is 4. The van der Waals surface area contributed by atoms with Crippen LogP contribution in [0.2, 0.25) is 0 Å². The minimum atomic E-state index is -3.22. The first-order valence-electron chi connectivity index (χ1n) is 11.0. The average molecular weight is 421 g/mol. The van der Waals surface area contributed by atoms with Gasteiger partial charge in [-0.2, -0.15) is 0 Å². The van der Waals surface area contributed by atoms with Crippen LogP contribution in [0.25, 0.3) is 0 Å². The Morgan fingerprint density at radius 1 is 1.10 bits per heavy atom. The molecule has 160 valence electrons. The summed E-state index contributed by atoms with van der Waals surface area (Å²) in [6, 6.07) is 0. The van der Waals surface area contributed by atoms with E-state index in [1.807, 2.05) is 18.7 Å². The molecule has 1 aromatic rings. The Morgan fingerprint density at radius 2 is 1.79 bits per heavy atom. The second-order valence-corrected chi connectivity index (χ2v) is 11.2. The third-order valence-electron chi connectivity index (χ3n) is 6.75. The maximum atomic E-state index is 12.6. The molecular formula is C21H32N4O3S. The van der Waals surface area contributed by atoms with Crippen molar-refractivity contribution < 1.29 is 13.2 Å². The first-order chi connectivity index (χ1) is 13.8. The summed E-state index contributed by atoms with van der Waals surface area (Å²) in [6.45, 7) is 7.50. The quantitative estimate of drug-likeness (QED) is 0.707. The number of piperidine rings is 1. The van der Waals surface area contributed by atoms with Gasteiger partial charge in [-0.15, -0.1) is 0 Å². The zero-order valence-corrected chi connectivity index (χ0v) is 18.5. The van der Waals surface area contributed by atoms with Crippen molar-refractivity contribution in [2.45, 2.75) is 76.9 Å². The molecule has 3 aliphatic rings. The van der Waals surface area contributed by atoms with Gasteiger partial charge in [0.25, 0.3) is 0 Å². The SMILES string of the molecule is CC[C@@H](C)S(=O)(=O)N1CCC(c2nc(C)c3c(n2)N(CC2CC2)C(=O)CC3)CC1. The lowest BCUT2D eigenvalue weighted by atomic mass is 9.96. The van der Waals surface area contributed by atoms with Gasteiger partial charge in [-0.05, 0) is 58.3 Å². The van der Waals surface area contributed by atoms with Gasteiger partial charge in [0, 0.05) is 43.2 Å². The molecule has 1 aliphatic carbocycles. The van der Waals surface area contributed by atoms with Crippen LogP contribution in [-0.2, 0) is 21.2 Å². The summed E-state index contributed by atoms with van der Waals surface area (Å²) in [5.41, 5.74) is 2.07. The lowest BCUT2D eigenvalue weighted by Crippen LogP contribution is -2.42. The molecule has 0 aromatic carbocycles. The van der Waals surface area contributed by atoms with Crippen LogP contribution in [0, 0.1) is 12.8 Å². The van der Waals surface area contributed by atoms with Crippen LogP contribution >= 0.6 is 0 Å². The Hall–Kier alpha value is -1.54. The fraction of sp³-hybridized carbons (Fsp3) is 0.762. The van der Waals surface area contributed by atoms with Gasteiger partial charge in [0.15, 0.2) is 0 Å². The summed E-state index contributed by atoms with van der Waals surface area (Å²) in [4.78, 5) is 24.1. The maximum absolute atomic E-state index is 12.6. The number of amides is 1. The normalized spacial score (nSPS) is 22.6. The minimum absolute atomic E-state index is 0.141. The minimum Gasteiger partial charge on any atom is -0.296 e. The average Bonchev–Trinajstić information content (AvgIpc) is 3.53. The largest absolute Gasteiger partial charge is 0.296 e. The Bertz CT molecular complexity index is 889. The summed E-state index contributed by atoms with van der Waals surface area (Å²) in [5, 5.41) is -0.344. The van der Waals surface area contributed by atoms with Crippen molar-refractivity contribution in [1.29, 1.82) is 0 Å². The Labute approximate surface area is 173 Å². The number of sulfonamides is 1. The summed E-state index contributed by atoms with van der Waals surface area (Å²) in [7, 11) is -3.22. The summed E-state index contributed by atoms with van der Waals surface area (Å²) in [6.07, 6.45) is 5.72. The summed E-state index contributed by atoms with van der Waals surface area (Å²) >= 11 is 0. The standard InChI is InChI=1S/C21H32N4O3S/c1-4-14(2)29(27,28)24-11-9-17(10-12-24)20-22-15(3)18-7-8-19(26)25(21(18)23-20)13-16-5-6-16/h14,16-17H,4-13H2,1-3H3/t14-/m1/s1. The number of aryl methyl sites for hydroxylation is 1. The van der Waals surface area contributed by atoms with Crippen molar-refractivity contribution in [3.8, 4) is 0 Å². The third-order valence-corrected chi connectivity index (χ3v) is 9.19. The molecule has 3 heterocycles. The molecule has 1 saturated carbocycles. The van der Waals surface area contributed by atoms with E-state index < -0.39 is 10.0 Å². The molecule has 1 amide bonds. The highest BCUT2D eigenvalue weighted by Crippen LogP contribution is 2.36. The molecule has 4 rings (SSSR count). The van der Waals surface area contributed by atoms with Crippen LogP contribution in [0.15, 0.2) is 0 Å². The number of rotatable bonds is 6. The molecule has 7 nitrogen and oxygen atoms in total. The molecule has 2 fully saturated rings. The van der Waals surface area contributed by atoms with E-state index in [4.69, 9.17) is 9.97 Å². The predicted octanol–water partition coefficient (Wildman–Crippen LogP) is 2.78. The maximum Gasteiger partial charge on any atom is 0.228 e.